The average Bonchev–Trinajstić information content (AvgIpc) is 2.57. The van der Waals surface area contributed by atoms with Crippen molar-refractivity contribution in [2.75, 3.05) is 23.1 Å². The Bertz CT molecular complexity index is 688. The van der Waals surface area contributed by atoms with Crippen molar-refractivity contribution in [3.05, 3.63) is 59.2 Å². The Kier molecular flexibility index (Phi) is 6.02. The van der Waals surface area contributed by atoms with Crippen LogP contribution in [0.15, 0.2) is 42.5 Å². The number of aliphatic hydroxyl groups is 1. The SMILES string of the molecule is Cc1cccc(NC(=O)c2cccc(NCC(O)CCl)c2)c1C. The van der Waals surface area contributed by atoms with E-state index in [1.54, 1.807) is 18.2 Å². The maximum atomic E-state index is 12.4. The molecular formula is C18H21ClN2O2. The molecule has 0 spiro atoms. The van der Waals surface area contributed by atoms with E-state index in [1.807, 2.05) is 38.1 Å². The summed E-state index contributed by atoms with van der Waals surface area (Å²) in [4.78, 5) is 12.4. The van der Waals surface area contributed by atoms with Crippen LogP contribution >= 0.6 is 11.6 Å². The monoisotopic (exact) mass is 332 g/mol. The van der Waals surface area contributed by atoms with Crippen LogP contribution < -0.4 is 10.6 Å². The molecule has 0 saturated heterocycles. The third-order valence-corrected chi connectivity index (χ3v) is 4.05. The molecule has 0 fully saturated rings. The normalized spacial score (nSPS) is 11.8. The summed E-state index contributed by atoms with van der Waals surface area (Å²) in [7, 11) is 0. The van der Waals surface area contributed by atoms with Gasteiger partial charge in [0.2, 0.25) is 0 Å². The van der Waals surface area contributed by atoms with Gasteiger partial charge in [0.15, 0.2) is 0 Å². The van der Waals surface area contributed by atoms with Crippen molar-refractivity contribution >= 4 is 28.9 Å². The molecule has 0 aliphatic carbocycles. The Morgan fingerprint density at radius 3 is 2.70 bits per heavy atom. The number of hydrogen-bond acceptors (Lipinski definition) is 3. The number of benzene rings is 2. The number of halogens is 1. The molecule has 4 nitrogen and oxygen atoms in total. The van der Waals surface area contributed by atoms with Crippen LogP contribution in [-0.4, -0.2) is 29.5 Å². The van der Waals surface area contributed by atoms with Crippen molar-refractivity contribution < 1.29 is 9.90 Å². The first-order chi connectivity index (χ1) is 11.0. The van der Waals surface area contributed by atoms with Gasteiger partial charge in [0.1, 0.15) is 0 Å². The molecule has 0 radical (unpaired) electrons. The van der Waals surface area contributed by atoms with Crippen molar-refractivity contribution in [2.24, 2.45) is 0 Å². The van der Waals surface area contributed by atoms with Crippen molar-refractivity contribution in [1.29, 1.82) is 0 Å². The fourth-order valence-electron chi connectivity index (χ4n) is 2.14. The highest BCUT2D eigenvalue weighted by molar-refractivity contribution is 6.18. The van der Waals surface area contributed by atoms with Crippen LogP contribution in [0.2, 0.25) is 0 Å². The van der Waals surface area contributed by atoms with Crippen LogP contribution in [0.25, 0.3) is 0 Å². The second kappa shape index (κ2) is 7.99. The smallest absolute Gasteiger partial charge is 0.255 e. The fraction of sp³-hybridized carbons (Fsp3) is 0.278. The van der Waals surface area contributed by atoms with E-state index in [0.717, 1.165) is 22.5 Å². The van der Waals surface area contributed by atoms with Crippen molar-refractivity contribution in [1.82, 2.24) is 0 Å². The first-order valence-electron chi connectivity index (χ1n) is 7.47. The number of anilines is 2. The highest BCUT2D eigenvalue weighted by atomic mass is 35.5. The summed E-state index contributed by atoms with van der Waals surface area (Å²) in [5.74, 6) is 0.0000374. The zero-order valence-electron chi connectivity index (χ0n) is 13.3. The minimum atomic E-state index is -0.621. The second-order valence-corrected chi connectivity index (χ2v) is 5.78. The van der Waals surface area contributed by atoms with E-state index >= 15 is 0 Å². The molecule has 0 heterocycles. The summed E-state index contributed by atoms with van der Waals surface area (Å²) in [5, 5.41) is 15.5. The third kappa shape index (κ3) is 4.71. The van der Waals surface area contributed by atoms with Gasteiger partial charge < -0.3 is 15.7 Å². The Labute approximate surface area is 141 Å². The lowest BCUT2D eigenvalue weighted by Gasteiger charge is -2.12. The molecule has 0 bridgehead atoms. The Hall–Kier alpha value is -2.04. The van der Waals surface area contributed by atoms with Crippen LogP contribution in [0.3, 0.4) is 0 Å². The van der Waals surface area contributed by atoms with E-state index in [4.69, 9.17) is 11.6 Å². The lowest BCUT2D eigenvalue weighted by Crippen LogP contribution is -2.21. The molecule has 1 atom stereocenters. The summed E-state index contributed by atoms with van der Waals surface area (Å²) in [6.07, 6.45) is -0.621. The van der Waals surface area contributed by atoms with Crippen LogP contribution in [0, 0.1) is 13.8 Å². The number of aliphatic hydroxyl groups excluding tert-OH is 1. The molecule has 2 aromatic carbocycles. The molecular weight excluding hydrogens is 312 g/mol. The number of rotatable bonds is 6. The van der Waals surface area contributed by atoms with Gasteiger partial charge in [0.05, 0.1) is 12.0 Å². The van der Waals surface area contributed by atoms with Gasteiger partial charge in [-0.1, -0.05) is 18.2 Å². The Morgan fingerprint density at radius 1 is 1.22 bits per heavy atom. The average molecular weight is 333 g/mol. The van der Waals surface area contributed by atoms with Crippen LogP contribution in [0.4, 0.5) is 11.4 Å². The topological polar surface area (TPSA) is 61.4 Å². The van der Waals surface area contributed by atoms with Gasteiger partial charge in [-0.15, -0.1) is 11.6 Å². The van der Waals surface area contributed by atoms with Crippen LogP contribution in [0.5, 0.6) is 0 Å². The standard InChI is InChI=1S/C18H21ClN2O2/c1-12-5-3-8-17(13(12)2)21-18(23)14-6-4-7-15(9-14)20-11-16(22)10-19/h3-9,16,20,22H,10-11H2,1-2H3,(H,21,23). The lowest BCUT2D eigenvalue weighted by atomic mass is 10.1. The van der Waals surface area contributed by atoms with E-state index < -0.39 is 6.10 Å². The van der Waals surface area contributed by atoms with Gasteiger partial charge in [-0.25, -0.2) is 0 Å². The number of nitrogens with one attached hydrogen (secondary N) is 2. The molecule has 0 aromatic heterocycles. The van der Waals surface area contributed by atoms with Crippen molar-refractivity contribution in [3.63, 3.8) is 0 Å². The molecule has 1 amide bonds. The summed E-state index contributed by atoms with van der Waals surface area (Å²) in [5.41, 5.74) is 4.32. The van der Waals surface area contributed by atoms with Crippen molar-refractivity contribution in [3.8, 4) is 0 Å². The third-order valence-electron chi connectivity index (χ3n) is 3.70. The molecule has 5 heteroatoms. The number of carbonyl (C=O) groups excluding carboxylic acids is 1. The van der Waals surface area contributed by atoms with Crippen LogP contribution in [-0.2, 0) is 0 Å². The van der Waals surface area contributed by atoms with E-state index in [2.05, 4.69) is 10.6 Å². The van der Waals surface area contributed by atoms with Gasteiger partial charge in [-0.3, -0.25) is 4.79 Å². The van der Waals surface area contributed by atoms with E-state index in [1.165, 1.54) is 0 Å². The van der Waals surface area contributed by atoms with E-state index in [9.17, 15) is 9.90 Å². The largest absolute Gasteiger partial charge is 0.390 e. The molecule has 3 N–H and O–H groups in total. The first-order valence-corrected chi connectivity index (χ1v) is 8.00. The molecule has 1 unspecified atom stereocenters. The van der Waals surface area contributed by atoms with E-state index in [0.29, 0.717) is 12.1 Å². The highest BCUT2D eigenvalue weighted by Gasteiger charge is 2.09. The number of aryl methyl sites for hydroxylation is 1. The fourth-order valence-corrected chi connectivity index (χ4v) is 2.25. The summed E-state index contributed by atoms with van der Waals surface area (Å²) in [6, 6.07) is 13.0. The molecule has 0 saturated carbocycles. The molecule has 23 heavy (non-hydrogen) atoms. The van der Waals surface area contributed by atoms with Gasteiger partial charge in [0.25, 0.3) is 5.91 Å². The second-order valence-electron chi connectivity index (χ2n) is 5.47. The Balaban J connectivity index is 2.09. The summed E-state index contributed by atoms with van der Waals surface area (Å²) < 4.78 is 0. The minimum Gasteiger partial charge on any atom is -0.390 e. The maximum Gasteiger partial charge on any atom is 0.255 e. The predicted octanol–water partition coefficient (Wildman–Crippen LogP) is 3.57. The number of alkyl halides is 1. The number of hydrogen-bond donors (Lipinski definition) is 3. The molecule has 2 rings (SSSR count). The summed E-state index contributed by atoms with van der Waals surface area (Å²) in [6.45, 7) is 4.33. The molecule has 0 aliphatic rings. The maximum absolute atomic E-state index is 12.4. The number of amides is 1. The van der Waals surface area contributed by atoms with Gasteiger partial charge >= 0.3 is 0 Å². The molecule has 0 aliphatic heterocycles. The van der Waals surface area contributed by atoms with Gasteiger partial charge in [0, 0.05) is 23.5 Å². The van der Waals surface area contributed by atoms with Crippen molar-refractivity contribution in [2.45, 2.75) is 20.0 Å². The minimum absolute atomic E-state index is 0.166. The molecule has 122 valence electrons. The predicted molar refractivity (Wildman–Crippen MR) is 95.5 cm³/mol. The highest BCUT2D eigenvalue weighted by Crippen LogP contribution is 2.19. The van der Waals surface area contributed by atoms with Gasteiger partial charge in [-0.2, -0.15) is 0 Å². The first kappa shape index (κ1) is 17.3. The Morgan fingerprint density at radius 2 is 1.96 bits per heavy atom. The zero-order valence-corrected chi connectivity index (χ0v) is 14.0. The zero-order chi connectivity index (χ0) is 16.8. The lowest BCUT2D eigenvalue weighted by molar-refractivity contribution is 0.102. The van der Waals surface area contributed by atoms with E-state index in [-0.39, 0.29) is 11.8 Å². The van der Waals surface area contributed by atoms with Gasteiger partial charge in [-0.05, 0) is 49.2 Å². The van der Waals surface area contributed by atoms with Crippen LogP contribution in [0.1, 0.15) is 21.5 Å². The number of carbonyl (C=O) groups is 1. The molecule has 2 aromatic rings. The quantitative estimate of drug-likeness (QED) is 0.709. The summed E-state index contributed by atoms with van der Waals surface area (Å²) >= 11 is 5.56.